The summed E-state index contributed by atoms with van der Waals surface area (Å²) in [5.74, 6) is 0.0561. The SMILES string of the molecule is Cn1c(C(=O)N2CCC3(CC2)CC3C(=O)Nc2cccc(N3CCNC3=O)c2)cc2ccccc21. The molecule has 1 saturated carbocycles. The van der Waals surface area contributed by atoms with Crippen LogP contribution in [0, 0.1) is 11.3 Å². The predicted octanol–water partition coefficient (Wildman–Crippen LogP) is 3.59. The number of aromatic nitrogens is 1. The largest absolute Gasteiger partial charge is 0.340 e. The zero-order valence-electron chi connectivity index (χ0n) is 19.8. The Labute approximate surface area is 203 Å². The Morgan fingerprint density at radius 1 is 1.03 bits per heavy atom. The molecule has 2 saturated heterocycles. The average Bonchev–Trinajstić information content (AvgIpc) is 3.21. The number of nitrogens with one attached hydrogen (secondary N) is 2. The molecule has 0 bridgehead atoms. The summed E-state index contributed by atoms with van der Waals surface area (Å²) in [6.45, 7) is 2.59. The van der Waals surface area contributed by atoms with Crippen LogP contribution in [0.1, 0.15) is 29.8 Å². The standard InChI is InChI=1S/C27H29N5O3/c1-30-22-8-3-2-5-18(22)15-23(30)25(34)31-12-9-27(10-13-31)17-21(27)24(33)29-19-6-4-7-20(16-19)32-14-11-28-26(32)35/h2-8,15-16,21H,9-14,17H2,1H3,(H,28,35)(H,29,33). The van der Waals surface area contributed by atoms with Crippen molar-refractivity contribution in [2.24, 2.45) is 18.4 Å². The molecule has 3 fully saturated rings. The average molecular weight is 472 g/mol. The molecule has 1 unspecified atom stereocenters. The van der Waals surface area contributed by atoms with Crippen LogP contribution in [0.3, 0.4) is 0 Å². The van der Waals surface area contributed by atoms with Crippen molar-refractivity contribution in [3.05, 3.63) is 60.3 Å². The van der Waals surface area contributed by atoms with E-state index in [-0.39, 0.29) is 29.2 Å². The Bertz CT molecular complexity index is 1340. The van der Waals surface area contributed by atoms with Crippen LogP contribution in [0.15, 0.2) is 54.6 Å². The maximum Gasteiger partial charge on any atom is 0.321 e. The van der Waals surface area contributed by atoms with Crippen LogP contribution >= 0.6 is 0 Å². The Hall–Kier alpha value is -3.81. The molecule has 2 N–H and O–H groups in total. The minimum absolute atomic E-state index is 0.00770. The van der Waals surface area contributed by atoms with Gasteiger partial charge in [0.1, 0.15) is 5.69 Å². The van der Waals surface area contributed by atoms with Crippen molar-refractivity contribution < 1.29 is 14.4 Å². The van der Waals surface area contributed by atoms with Gasteiger partial charge in [-0.25, -0.2) is 4.79 Å². The molecular weight excluding hydrogens is 442 g/mol. The highest BCUT2D eigenvalue weighted by atomic mass is 16.2. The number of aryl methyl sites for hydroxylation is 1. The van der Waals surface area contributed by atoms with Crippen LogP contribution in [0.2, 0.25) is 0 Å². The van der Waals surface area contributed by atoms with E-state index in [1.165, 1.54) is 0 Å². The van der Waals surface area contributed by atoms with Crippen molar-refractivity contribution in [3.63, 3.8) is 0 Å². The molecule has 0 radical (unpaired) electrons. The summed E-state index contributed by atoms with van der Waals surface area (Å²) in [5.41, 5.74) is 3.24. The number of benzene rings is 2. The maximum absolute atomic E-state index is 13.2. The van der Waals surface area contributed by atoms with E-state index in [1.54, 1.807) is 4.90 Å². The van der Waals surface area contributed by atoms with Gasteiger partial charge in [0.2, 0.25) is 5.91 Å². The molecule has 1 spiro atoms. The summed E-state index contributed by atoms with van der Waals surface area (Å²) in [7, 11) is 1.94. The van der Waals surface area contributed by atoms with E-state index in [9.17, 15) is 14.4 Å². The zero-order chi connectivity index (χ0) is 24.2. The lowest BCUT2D eigenvalue weighted by atomic mass is 9.90. The second-order valence-corrected chi connectivity index (χ2v) is 9.98. The number of carbonyl (C=O) groups excluding carboxylic acids is 3. The predicted molar refractivity (Wildman–Crippen MR) is 134 cm³/mol. The van der Waals surface area contributed by atoms with Gasteiger partial charge in [0.25, 0.3) is 5.91 Å². The molecule has 1 aromatic heterocycles. The lowest BCUT2D eigenvalue weighted by Gasteiger charge is -2.33. The van der Waals surface area contributed by atoms with E-state index in [1.807, 2.05) is 71.1 Å². The second kappa shape index (κ2) is 8.15. The van der Waals surface area contributed by atoms with Gasteiger partial charge in [0, 0.05) is 61.4 Å². The van der Waals surface area contributed by atoms with Gasteiger partial charge in [-0.2, -0.15) is 0 Å². The number of urea groups is 1. The van der Waals surface area contributed by atoms with Gasteiger partial charge in [-0.3, -0.25) is 14.5 Å². The quantitative estimate of drug-likeness (QED) is 0.610. The van der Waals surface area contributed by atoms with Crippen molar-refractivity contribution in [2.75, 3.05) is 36.4 Å². The van der Waals surface area contributed by atoms with Crippen molar-refractivity contribution in [1.29, 1.82) is 0 Å². The minimum atomic E-state index is -0.112. The second-order valence-electron chi connectivity index (χ2n) is 9.98. The molecule has 2 aliphatic heterocycles. The first-order valence-corrected chi connectivity index (χ1v) is 12.3. The van der Waals surface area contributed by atoms with Gasteiger partial charge in [-0.1, -0.05) is 24.3 Å². The number of para-hydroxylation sites is 1. The third-order valence-corrected chi connectivity index (χ3v) is 8.01. The highest BCUT2D eigenvalue weighted by molar-refractivity contribution is 5.99. The third kappa shape index (κ3) is 3.73. The Morgan fingerprint density at radius 3 is 2.57 bits per heavy atom. The van der Waals surface area contributed by atoms with Crippen LogP contribution in [0.5, 0.6) is 0 Å². The Morgan fingerprint density at radius 2 is 1.83 bits per heavy atom. The summed E-state index contributed by atoms with van der Waals surface area (Å²) < 4.78 is 1.97. The number of carbonyl (C=O) groups is 3. The number of anilines is 2. The van der Waals surface area contributed by atoms with Crippen molar-refractivity contribution in [1.82, 2.24) is 14.8 Å². The lowest BCUT2D eigenvalue weighted by Crippen LogP contribution is -2.40. The molecule has 8 nitrogen and oxygen atoms in total. The molecule has 3 aliphatic rings. The van der Waals surface area contributed by atoms with E-state index in [0.29, 0.717) is 37.6 Å². The summed E-state index contributed by atoms with van der Waals surface area (Å²) in [6, 6.07) is 17.3. The van der Waals surface area contributed by atoms with Crippen LogP contribution in [-0.4, -0.2) is 53.5 Å². The van der Waals surface area contributed by atoms with Crippen LogP contribution < -0.4 is 15.5 Å². The van der Waals surface area contributed by atoms with Crippen molar-refractivity contribution in [2.45, 2.75) is 19.3 Å². The number of nitrogens with zero attached hydrogens (tertiary/aromatic N) is 3. The fourth-order valence-electron chi connectivity index (χ4n) is 5.78. The minimum Gasteiger partial charge on any atom is -0.340 e. The monoisotopic (exact) mass is 471 g/mol. The Balaban J connectivity index is 1.08. The highest BCUT2D eigenvalue weighted by Gasteiger charge is 2.58. The molecular formula is C27H29N5O3. The van der Waals surface area contributed by atoms with Gasteiger partial charge < -0.3 is 20.1 Å². The van der Waals surface area contributed by atoms with Gasteiger partial charge in [0.05, 0.1) is 0 Å². The first-order valence-electron chi connectivity index (χ1n) is 12.3. The van der Waals surface area contributed by atoms with E-state index in [4.69, 9.17) is 0 Å². The van der Waals surface area contributed by atoms with Gasteiger partial charge in [-0.05, 0) is 55.0 Å². The normalized spacial score (nSPS) is 20.8. The first-order chi connectivity index (χ1) is 16.9. The summed E-state index contributed by atoms with van der Waals surface area (Å²) >= 11 is 0. The van der Waals surface area contributed by atoms with Crippen LogP contribution in [-0.2, 0) is 11.8 Å². The summed E-state index contributed by atoms with van der Waals surface area (Å²) in [4.78, 5) is 41.8. The van der Waals surface area contributed by atoms with E-state index in [0.717, 1.165) is 35.9 Å². The van der Waals surface area contributed by atoms with E-state index < -0.39 is 0 Å². The first kappa shape index (κ1) is 21.7. The van der Waals surface area contributed by atoms with Gasteiger partial charge in [0.15, 0.2) is 0 Å². The number of amides is 4. The molecule has 1 aliphatic carbocycles. The van der Waals surface area contributed by atoms with Crippen LogP contribution in [0.25, 0.3) is 10.9 Å². The molecule has 8 heteroatoms. The van der Waals surface area contributed by atoms with Crippen LogP contribution in [0.4, 0.5) is 16.2 Å². The summed E-state index contributed by atoms with van der Waals surface area (Å²) in [6.07, 6.45) is 2.55. The van der Waals surface area contributed by atoms with Crippen molar-refractivity contribution in [3.8, 4) is 0 Å². The topological polar surface area (TPSA) is 86.7 Å². The molecule has 4 amide bonds. The number of likely N-dealkylation sites (tertiary alicyclic amines) is 1. The van der Waals surface area contributed by atoms with E-state index >= 15 is 0 Å². The van der Waals surface area contributed by atoms with Gasteiger partial charge >= 0.3 is 6.03 Å². The molecule has 180 valence electrons. The molecule has 35 heavy (non-hydrogen) atoms. The van der Waals surface area contributed by atoms with Gasteiger partial charge in [-0.15, -0.1) is 0 Å². The molecule has 6 rings (SSSR count). The smallest absolute Gasteiger partial charge is 0.321 e. The molecule has 3 heterocycles. The molecule has 2 aromatic carbocycles. The summed E-state index contributed by atoms with van der Waals surface area (Å²) in [5, 5.41) is 6.92. The molecule has 1 atom stereocenters. The fraction of sp³-hybridized carbons (Fsp3) is 0.370. The van der Waals surface area contributed by atoms with E-state index in [2.05, 4.69) is 10.6 Å². The highest BCUT2D eigenvalue weighted by Crippen LogP contribution is 2.59. The lowest BCUT2D eigenvalue weighted by molar-refractivity contribution is -0.118. The van der Waals surface area contributed by atoms with Crippen molar-refractivity contribution >= 4 is 40.1 Å². The number of fused-ring (bicyclic) bond motifs is 1. The number of rotatable bonds is 4. The number of hydrogen-bond donors (Lipinski definition) is 2. The maximum atomic E-state index is 13.2. The fourth-order valence-corrected chi connectivity index (χ4v) is 5.78. The number of piperidine rings is 1. The zero-order valence-corrected chi connectivity index (χ0v) is 19.8. The number of hydrogen-bond acceptors (Lipinski definition) is 3. The third-order valence-electron chi connectivity index (χ3n) is 8.01. The Kier molecular flexibility index (Phi) is 5.05. The molecule has 3 aromatic rings.